The van der Waals surface area contributed by atoms with Gasteiger partial charge >= 0.3 is 11.4 Å². The van der Waals surface area contributed by atoms with Gasteiger partial charge in [-0.05, 0) is 48.5 Å². The first kappa shape index (κ1) is 20.4. The monoisotopic (exact) mass is 428 g/mol. The topological polar surface area (TPSA) is 88.6 Å². The van der Waals surface area contributed by atoms with Crippen molar-refractivity contribution in [3.8, 4) is 23.1 Å². The molecule has 29 heavy (non-hydrogen) atoms. The molecule has 0 amide bonds. The van der Waals surface area contributed by atoms with E-state index in [1.807, 2.05) is 6.07 Å². The van der Waals surface area contributed by atoms with Crippen LogP contribution in [-0.2, 0) is 9.84 Å². The number of aromatic nitrogens is 3. The predicted octanol–water partition coefficient (Wildman–Crippen LogP) is 3.73. The minimum absolute atomic E-state index is 0.187. The number of benzene rings is 2. The maximum absolute atomic E-state index is 13.3. The first-order valence-electron chi connectivity index (χ1n) is 7.69. The Bertz CT molecular complexity index is 1180. The van der Waals surface area contributed by atoms with Crippen molar-refractivity contribution in [1.29, 1.82) is 5.26 Å². The highest BCUT2D eigenvalue weighted by Crippen LogP contribution is 2.42. The van der Waals surface area contributed by atoms with E-state index >= 15 is 0 Å². The van der Waals surface area contributed by atoms with Gasteiger partial charge in [0.2, 0.25) is 0 Å². The van der Waals surface area contributed by atoms with Crippen LogP contribution in [0.4, 0.5) is 22.0 Å². The van der Waals surface area contributed by atoms with Gasteiger partial charge in [0.05, 0.1) is 22.2 Å². The van der Waals surface area contributed by atoms with Crippen LogP contribution in [0.5, 0.6) is 0 Å². The Hall–Kier alpha value is -3.33. The number of hydrogen-bond donors (Lipinski definition) is 0. The molecule has 0 atom stereocenters. The summed E-state index contributed by atoms with van der Waals surface area (Å²) in [7, 11) is -5.97. The summed E-state index contributed by atoms with van der Waals surface area (Å²) in [5, 5.41) is 7.00. The van der Waals surface area contributed by atoms with Crippen LogP contribution in [0.15, 0.2) is 59.8 Å². The lowest BCUT2D eigenvalue weighted by Gasteiger charge is -2.19. The quantitative estimate of drug-likeness (QED) is 0.591. The van der Waals surface area contributed by atoms with E-state index in [1.165, 1.54) is 11.0 Å². The first-order valence-corrected chi connectivity index (χ1v) is 9.17. The van der Waals surface area contributed by atoms with Crippen molar-refractivity contribution < 1.29 is 30.4 Å². The summed E-state index contributed by atoms with van der Waals surface area (Å²) in [6.45, 7) is 0. The van der Waals surface area contributed by atoms with Gasteiger partial charge in [-0.25, -0.2) is 18.1 Å². The van der Waals surface area contributed by atoms with Gasteiger partial charge in [0.25, 0.3) is 9.84 Å². The smallest absolute Gasteiger partial charge is 0.220 e. The van der Waals surface area contributed by atoms with Crippen LogP contribution in [0.1, 0.15) is 5.56 Å². The van der Waals surface area contributed by atoms with Crippen LogP contribution < -0.4 is 0 Å². The maximum atomic E-state index is 13.3. The van der Waals surface area contributed by atoms with Gasteiger partial charge in [0.15, 0.2) is 5.82 Å². The Morgan fingerprint density at radius 2 is 1.52 bits per heavy atom. The number of nitriles is 1. The second kappa shape index (κ2) is 6.93. The molecule has 3 aromatic rings. The van der Waals surface area contributed by atoms with Crippen LogP contribution in [0.25, 0.3) is 17.1 Å². The Morgan fingerprint density at radius 1 is 0.931 bits per heavy atom. The first-order chi connectivity index (χ1) is 13.5. The van der Waals surface area contributed by atoms with E-state index in [1.54, 1.807) is 24.3 Å². The zero-order valence-electron chi connectivity index (χ0n) is 14.1. The van der Waals surface area contributed by atoms with E-state index < -0.39 is 26.2 Å². The van der Waals surface area contributed by atoms with Gasteiger partial charge < -0.3 is 0 Å². The maximum Gasteiger partial charge on any atom is 0.469 e. The molecule has 3 rings (SSSR count). The number of hydrogen-bond acceptors (Lipinski definition) is 5. The number of rotatable bonds is 4. The van der Waals surface area contributed by atoms with E-state index in [0.717, 1.165) is 12.1 Å². The molecule has 0 fully saturated rings. The van der Waals surface area contributed by atoms with Gasteiger partial charge in [-0.2, -0.15) is 27.2 Å². The molecule has 0 N–H and O–H groups in total. The SMILES string of the molecule is N#Cc1ccc(-c2ncn(-c3ccc(S(=O)(=O)C(F)(F)C(F)(F)F)cc3)n2)cc1. The van der Waals surface area contributed by atoms with Crippen LogP contribution in [0.2, 0.25) is 0 Å². The number of nitrogens with zero attached hydrogens (tertiary/aromatic N) is 4. The Kier molecular flexibility index (Phi) is 4.87. The molecule has 6 nitrogen and oxygen atoms in total. The van der Waals surface area contributed by atoms with Gasteiger partial charge in [0.1, 0.15) is 6.33 Å². The van der Waals surface area contributed by atoms with Gasteiger partial charge in [-0.1, -0.05) is 0 Å². The molecule has 1 aromatic heterocycles. The van der Waals surface area contributed by atoms with E-state index in [2.05, 4.69) is 10.1 Å². The van der Waals surface area contributed by atoms with Crippen molar-refractivity contribution in [3.05, 3.63) is 60.4 Å². The highest BCUT2D eigenvalue weighted by Gasteiger charge is 2.67. The third-order valence-electron chi connectivity index (χ3n) is 3.84. The third kappa shape index (κ3) is 3.56. The Labute approximate surface area is 160 Å². The molecule has 0 aliphatic rings. The van der Waals surface area contributed by atoms with Crippen molar-refractivity contribution in [2.75, 3.05) is 0 Å². The number of alkyl halides is 5. The summed E-state index contributed by atoms with van der Waals surface area (Å²) in [5.41, 5.74) is 1.19. The molecular formula is C17H9F5N4O2S. The van der Waals surface area contributed by atoms with Crippen LogP contribution in [0.3, 0.4) is 0 Å². The minimum atomic E-state index is -6.24. The highest BCUT2D eigenvalue weighted by molar-refractivity contribution is 7.92. The average molecular weight is 428 g/mol. The lowest BCUT2D eigenvalue weighted by atomic mass is 10.1. The summed E-state index contributed by atoms with van der Waals surface area (Å²) in [6, 6.07) is 11.6. The molecule has 150 valence electrons. The molecular weight excluding hydrogens is 419 g/mol. The van der Waals surface area contributed by atoms with Crippen molar-refractivity contribution in [1.82, 2.24) is 14.8 Å². The fourth-order valence-electron chi connectivity index (χ4n) is 2.29. The van der Waals surface area contributed by atoms with Crippen molar-refractivity contribution in [2.24, 2.45) is 0 Å². The van der Waals surface area contributed by atoms with Crippen molar-refractivity contribution in [3.63, 3.8) is 0 Å². The second-order valence-corrected chi connectivity index (χ2v) is 7.70. The normalized spacial score (nSPS) is 12.6. The summed E-state index contributed by atoms with van der Waals surface area (Å²) >= 11 is 0. The zero-order chi connectivity index (χ0) is 21.4. The molecule has 0 saturated heterocycles. The lowest BCUT2D eigenvalue weighted by Crippen LogP contribution is -2.43. The molecule has 0 aliphatic carbocycles. The Balaban J connectivity index is 1.90. The van der Waals surface area contributed by atoms with E-state index in [9.17, 15) is 30.4 Å². The van der Waals surface area contributed by atoms with Crippen molar-refractivity contribution in [2.45, 2.75) is 16.3 Å². The third-order valence-corrected chi connectivity index (χ3v) is 5.64. The largest absolute Gasteiger partial charge is 0.469 e. The summed E-state index contributed by atoms with van der Waals surface area (Å²) in [5.74, 6) is 0.259. The molecule has 0 radical (unpaired) electrons. The molecule has 12 heteroatoms. The van der Waals surface area contributed by atoms with Crippen LogP contribution in [-0.4, -0.2) is 34.6 Å². The van der Waals surface area contributed by atoms with Gasteiger partial charge in [-0.3, -0.25) is 0 Å². The van der Waals surface area contributed by atoms with E-state index in [-0.39, 0.29) is 11.5 Å². The van der Waals surface area contributed by atoms with E-state index in [4.69, 9.17) is 5.26 Å². The van der Waals surface area contributed by atoms with Gasteiger partial charge in [0, 0.05) is 5.56 Å². The lowest BCUT2D eigenvalue weighted by molar-refractivity contribution is -0.241. The molecule has 0 unspecified atom stereocenters. The standard InChI is InChI=1S/C17H9F5N4O2S/c18-16(19,20)17(21,22)29(27,28)14-7-5-13(6-8-14)26-10-24-15(25-26)12-3-1-11(9-23)2-4-12/h1-8,10H. The van der Waals surface area contributed by atoms with E-state index in [0.29, 0.717) is 23.3 Å². The van der Waals surface area contributed by atoms with Crippen molar-refractivity contribution >= 4 is 9.84 Å². The minimum Gasteiger partial charge on any atom is -0.220 e. The number of halogens is 5. The van der Waals surface area contributed by atoms with Crippen LogP contribution in [0, 0.1) is 11.3 Å². The molecule has 2 aromatic carbocycles. The second-order valence-electron chi connectivity index (χ2n) is 5.71. The summed E-state index contributed by atoms with van der Waals surface area (Å²) < 4.78 is 88.3. The zero-order valence-corrected chi connectivity index (χ0v) is 14.9. The molecule has 1 heterocycles. The molecule has 0 bridgehead atoms. The highest BCUT2D eigenvalue weighted by atomic mass is 32.2. The fourth-order valence-corrected chi connectivity index (χ4v) is 3.39. The fraction of sp³-hybridized carbons (Fsp3) is 0.118. The average Bonchev–Trinajstić information content (AvgIpc) is 3.17. The predicted molar refractivity (Wildman–Crippen MR) is 89.7 cm³/mol. The van der Waals surface area contributed by atoms with Gasteiger partial charge in [-0.15, -0.1) is 5.10 Å². The molecule has 0 spiro atoms. The Morgan fingerprint density at radius 3 is 2.03 bits per heavy atom. The summed E-state index contributed by atoms with van der Waals surface area (Å²) in [4.78, 5) is 2.86. The number of sulfone groups is 1. The molecule has 0 saturated carbocycles. The summed E-state index contributed by atoms with van der Waals surface area (Å²) in [6.07, 6.45) is -4.99. The molecule has 0 aliphatic heterocycles. The van der Waals surface area contributed by atoms with Crippen LogP contribution >= 0.6 is 0 Å².